The molecule has 0 fully saturated rings. The Kier molecular flexibility index (Phi) is 16.5. The molecule has 0 amide bonds. The van der Waals surface area contributed by atoms with Crippen molar-refractivity contribution in [3.8, 4) is 49.0 Å². The topological polar surface area (TPSA) is 317 Å². The normalized spacial score (nSPS) is 11.4. The first kappa shape index (κ1) is 51.9. The maximum atomic E-state index is 12.8. The van der Waals surface area contributed by atoms with Gasteiger partial charge in [0.2, 0.25) is 0 Å². The van der Waals surface area contributed by atoms with Crippen molar-refractivity contribution < 1.29 is 43.6 Å². The third-order valence-corrected chi connectivity index (χ3v) is 13.5. The maximum absolute atomic E-state index is 12.8. The smallest absolute Gasteiger partial charge is 0.321 e. The van der Waals surface area contributed by atoms with Gasteiger partial charge in [0.25, 0.3) is 12.2 Å². The first-order chi connectivity index (χ1) is 35.0. The van der Waals surface area contributed by atoms with Crippen molar-refractivity contribution in [2.24, 2.45) is 0 Å². The van der Waals surface area contributed by atoms with Crippen LogP contribution in [0.3, 0.4) is 0 Å². The van der Waals surface area contributed by atoms with E-state index in [0.29, 0.717) is 16.1 Å². The summed E-state index contributed by atoms with van der Waals surface area (Å²) in [7, 11) is 1.61. The molecule has 11 rings (SSSR count). The minimum atomic E-state index is -0.502. The highest BCUT2D eigenvalue weighted by Gasteiger charge is 2.18. The summed E-state index contributed by atoms with van der Waals surface area (Å²) in [5, 5.41) is 52.2. The Morgan fingerprint density at radius 2 is 1.19 bits per heavy atom. The molecule has 4 aromatic carbocycles. The van der Waals surface area contributed by atoms with Gasteiger partial charge in [0.15, 0.2) is 5.95 Å². The van der Waals surface area contributed by atoms with E-state index >= 15 is 0 Å². The summed E-state index contributed by atoms with van der Waals surface area (Å²) in [5.41, 5.74) is 12.0. The number of H-pyrrole nitrogens is 3. The number of nitrogens with zero attached hydrogens (tertiary/aromatic N) is 6. The summed E-state index contributed by atoms with van der Waals surface area (Å²) in [6.45, 7) is 2.25. The van der Waals surface area contributed by atoms with Gasteiger partial charge in [-0.15, -0.1) is 46.6 Å². The summed E-state index contributed by atoms with van der Waals surface area (Å²) in [6, 6.07) is 25.6. The number of rotatable bonds is 9. The lowest BCUT2D eigenvalue weighted by atomic mass is 10.2. The fourth-order valence-electron chi connectivity index (χ4n) is 6.35. The third kappa shape index (κ3) is 13.5. The van der Waals surface area contributed by atoms with Crippen molar-refractivity contribution in [1.29, 1.82) is 0 Å². The number of carbonyl (C=O) groups excluding carboxylic acids is 1. The number of phenolic OH excluding ortho intramolecular Hbond substituents is 2. The van der Waals surface area contributed by atoms with E-state index in [1.165, 1.54) is 69.9 Å². The second-order valence-electron chi connectivity index (χ2n) is 15.0. The minimum absolute atomic E-state index is 0.0353. The third-order valence-electron chi connectivity index (χ3n) is 9.88. The Morgan fingerprint density at radius 1 is 0.699 bits per heavy atom. The number of methoxy groups -OCH3 is 1. The molecule has 10 aromatic rings. The largest absolute Gasteiger partial charge is 0.508 e. The van der Waals surface area contributed by atoms with Crippen LogP contribution in [-0.2, 0) is 9.53 Å². The number of thiol groups is 1. The van der Waals surface area contributed by atoms with Crippen LogP contribution < -0.4 is 10.5 Å². The number of aromatic nitrogens is 6. The summed E-state index contributed by atoms with van der Waals surface area (Å²) < 4.78 is 25.1. The summed E-state index contributed by atoms with van der Waals surface area (Å²) in [6.07, 6.45) is 7.65. The number of nitrogen functional groups attached to an aromatic ring is 1. The lowest BCUT2D eigenvalue weighted by molar-refractivity contribution is -0.426. The molecule has 26 heteroatoms. The van der Waals surface area contributed by atoms with Crippen LogP contribution in [-0.4, -0.2) is 68.5 Å². The number of anilines is 1. The first-order valence-corrected chi connectivity index (χ1v) is 23.7. The summed E-state index contributed by atoms with van der Waals surface area (Å²) in [5.74, 6) is 0.922. The van der Waals surface area contributed by atoms with Crippen LogP contribution in [0.1, 0.15) is 12.0 Å². The number of nitro groups is 3. The molecule has 0 aliphatic heterocycles. The van der Waals surface area contributed by atoms with Crippen molar-refractivity contribution in [1.82, 2.24) is 29.9 Å². The molecule has 21 nitrogen and oxygen atoms in total. The van der Waals surface area contributed by atoms with Crippen LogP contribution in [0.2, 0.25) is 0 Å². The molecule has 0 unspecified atom stereocenters. The summed E-state index contributed by atoms with van der Waals surface area (Å²) >= 11 is 8.41. The number of aromatic hydroxyl groups is 2. The van der Waals surface area contributed by atoms with E-state index in [9.17, 15) is 49.7 Å². The summed E-state index contributed by atoms with van der Waals surface area (Å²) in [4.78, 5) is 61.4. The molecule has 0 bridgehead atoms. The van der Waals surface area contributed by atoms with Crippen molar-refractivity contribution >= 4 is 101 Å². The molecule has 0 atom stereocenters. The van der Waals surface area contributed by atoms with E-state index < -0.39 is 14.8 Å². The Morgan fingerprint density at radius 3 is 1.60 bits per heavy atom. The van der Waals surface area contributed by atoms with Crippen LogP contribution in [0.5, 0.6) is 17.2 Å². The van der Waals surface area contributed by atoms with Gasteiger partial charge in [-0.1, -0.05) is 6.07 Å². The van der Waals surface area contributed by atoms with E-state index in [-0.39, 0.29) is 53.4 Å². The van der Waals surface area contributed by atoms with E-state index in [4.69, 9.17) is 10.5 Å². The highest BCUT2D eigenvalue weighted by Crippen LogP contribution is 2.36. The quantitative estimate of drug-likeness (QED) is 0.0232. The number of aromatic amines is 3. The van der Waals surface area contributed by atoms with E-state index in [0.717, 1.165) is 62.6 Å². The van der Waals surface area contributed by atoms with Gasteiger partial charge >= 0.3 is 11.6 Å². The zero-order chi connectivity index (χ0) is 52.3. The highest BCUT2D eigenvalue weighted by molar-refractivity contribution is 7.80. The molecule has 0 spiro atoms. The number of ether oxygens (including phenoxy) is 2. The molecule has 0 radical (unpaired) electrons. The Balaban J connectivity index is 0.000000137. The zero-order valence-electron chi connectivity index (χ0n) is 37.7. The number of carbonyl (C=O) groups is 1. The minimum Gasteiger partial charge on any atom is -0.508 e. The molecule has 73 heavy (non-hydrogen) atoms. The lowest BCUT2D eigenvalue weighted by Gasteiger charge is -1.97. The van der Waals surface area contributed by atoms with Gasteiger partial charge in [-0.3, -0.25) is 14.9 Å². The van der Waals surface area contributed by atoms with Gasteiger partial charge in [-0.25, -0.2) is 24.9 Å². The van der Waals surface area contributed by atoms with Crippen molar-refractivity contribution in [2.45, 2.75) is 18.2 Å². The van der Waals surface area contributed by atoms with E-state index in [1.807, 2.05) is 43.3 Å². The fourth-order valence-corrected chi connectivity index (χ4v) is 9.58. The second kappa shape index (κ2) is 23.3. The highest BCUT2D eigenvalue weighted by atomic mass is 32.1. The van der Waals surface area contributed by atoms with E-state index in [2.05, 4.69) is 47.3 Å². The molecular weight excluding hydrogens is 1030 g/mol. The molecule has 7 N–H and O–H groups in total. The number of benzene rings is 4. The second-order valence-corrected chi connectivity index (χ2v) is 18.5. The SMILES string of the molecule is COc1ccc2nc(-c3c[nH]c([N+](=O)[O-])c3)sc2c1.Cc1ccc(N)c(S)c1.O=COC1=CCC([N+](=O)[O-])=C1.O=[N+]([O-])c1cc(-c2nc3ccc(O)cc3s2)c[nH]1.Oc1ccc2nc(-c3c[nH]c([18F])c3)sc2c1. The number of aryl methyl sites for hydroxylation is 1. The Hall–Kier alpha value is -8.98. The number of fused-ring (bicyclic) bond motifs is 3. The van der Waals surface area contributed by atoms with Crippen LogP contribution >= 0.6 is 46.6 Å². The van der Waals surface area contributed by atoms with Crippen LogP contribution in [0.25, 0.3) is 62.4 Å². The van der Waals surface area contributed by atoms with E-state index in [1.54, 1.807) is 62.1 Å². The molecule has 6 aromatic heterocycles. The maximum Gasteiger partial charge on any atom is 0.321 e. The predicted octanol–water partition coefficient (Wildman–Crippen LogP) is 11.7. The van der Waals surface area contributed by atoms with Crippen molar-refractivity contribution in [3.63, 3.8) is 0 Å². The standard InChI is InChI=1S/C12H9N3O3S.C11H7FN2OS.C11H7N3O3S.C7H9NS.C6H5NO4/c1-18-8-2-3-9-10(5-8)19-12(14-9)7-4-11(13-6-7)15(16)17;12-10-3-6(5-13-10)11-14-8-2-1-7(15)4-9(8)16-11;15-7-1-2-8-9(4-7)18-11(13-8)6-3-10(12-5-6)14(16)17;1-5-2-3-6(8)7(9)4-5;8-4-11-6-2-1-5(3-6)7(9)10/h2-6,13H,1H3;1-5,13,15H;1-5,12,15H;2-4,9H,8H2,1H3;2-4H,1H2/i;12-1;;;. The number of hydrogen-bond acceptors (Lipinski definition) is 19. The molecule has 0 saturated carbocycles. The van der Waals surface area contributed by atoms with Crippen LogP contribution in [0, 0.1) is 43.2 Å². The monoisotopic (exact) mass is 1060 g/mol. The number of halogens is 1. The van der Waals surface area contributed by atoms with Crippen LogP contribution in [0.15, 0.2) is 138 Å². The zero-order valence-corrected chi connectivity index (χ0v) is 41.1. The van der Waals surface area contributed by atoms with Crippen molar-refractivity contribution in [3.05, 3.63) is 175 Å². The lowest BCUT2D eigenvalue weighted by Crippen LogP contribution is -1.94. The number of phenols is 2. The van der Waals surface area contributed by atoms with Gasteiger partial charge in [0, 0.05) is 40.5 Å². The van der Waals surface area contributed by atoms with Gasteiger partial charge in [0.1, 0.15) is 38.0 Å². The number of nitrogens with one attached hydrogen (secondary N) is 3. The molecule has 6 heterocycles. The average Bonchev–Trinajstić information content (AvgIpc) is 4.22. The molecule has 1 aliphatic rings. The Bertz CT molecular complexity index is 3710. The molecule has 0 saturated heterocycles. The number of allylic oxidation sites excluding steroid dienone is 2. The molecule has 372 valence electrons. The fraction of sp³-hybridized carbons (Fsp3) is 0.0638. The van der Waals surface area contributed by atoms with Gasteiger partial charge in [0.05, 0.1) is 78.7 Å². The number of hydrogen-bond donors (Lipinski definition) is 7. The number of nitrogens with two attached hydrogens (primary N) is 1. The van der Waals surface area contributed by atoms with Gasteiger partial charge in [-0.05, 0) is 95.1 Å². The van der Waals surface area contributed by atoms with Crippen LogP contribution in [0.4, 0.5) is 21.7 Å². The van der Waals surface area contributed by atoms with Gasteiger partial charge in [-0.2, -0.15) is 4.39 Å². The molecular formula is C47H37FN10O11S4. The predicted molar refractivity (Wildman–Crippen MR) is 279 cm³/mol. The average molecular weight is 1060 g/mol. The first-order valence-electron chi connectivity index (χ1n) is 20.8. The molecule has 1 aliphatic carbocycles. The Labute approximate surface area is 427 Å². The van der Waals surface area contributed by atoms with Gasteiger partial charge < -0.3 is 50.6 Å². The number of thiazole rings is 3. The van der Waals surface area contributed by atoms with Crippen molar-refractivity contribution in [2.75, 3.05) is 12.8 Å².